The highest BCUT2D eigenvalue weighted by atomic mass is 16.5. The van der Waals surface area contributed by atoms with Crippen molar-refractivity contribution >= 4 is 11.8 Å². The Bertz CT molecular complexity index is 470. The monoisotopic (exact) mass is 290 g/mol. The summed E-state index contributed by atoms with van der Waals surface area (Å²) in [6.07, 6.45) is 2.94. The maximum absolute atomic E-state index is 12.0. The van der Waals surface area contributed by atoms with E-state index in [0.717, 1.165) is 12.8 Å². The van der Waals surface area contributed by atoms with Crippen LogP contribution in [0, 0.1) is 5.92 Å². The van der Waals surface area contributed by atoms with E-state index in [1.165, 1.54) is 5.56 Å². The van der Waals surface area contributed by atoms with E-state index in [2.05, 4.69) is 5.32 Å². The molecule has 2 rings (SSSR count). The first kappa shape index (κ1) is 15.5. The summed E-state index contributed by atoms with van der Waals surface area (Å²) >= 11 is 0. The number of nitrogens with two attached hydrogens (primary N) is 1. The molecule has 114 valence electrons. The molecule has 0 unspecified atom stereocenters. The summed E-state index contributed by atoms with van der Waals surface area (Å²) in [5.74, 6) is -0.757. The minimum absolute atomic E-state index is 0.129. The van der Waals surface area contributed by atoms with Crippen LogP contribution in [0.4, 0.5) is 0 Å². The van der Waals surface area contributed by atoms with Crippen LogP contribution in [0.25, 0.3) is 0 Å². The molecule has 1 aromatic carbocycles. The summed E-state index contributed by atoms with van der Waals surface area (Å²) in [4.78, 5) is 23.5. The van der Waals surface area contributed by atoms with Crippen LogP contribution in [0.15, 0.2) is 30.3 Å². The number of nitrogens with one attached hydrogen (secondary N) is 1. The topological polar surface area (TPSA) is 81.4 Å². The minimum atomic E-state index is -0.596. The van der Waals surface area contributed by atoms with Crippen LogP contribution < -0.4 is 11.1 Å². The zero-order valence-electron chi connectivity index (χ0n) is 12.1. The van der Waals surface area contributed by atoms with E-state index in [1.807, 2.05) is 30.3 Å². The first-order valence-corrected chi connectivity index (χ1v) is 7.38. The van der Waals surface area contributed by atoms with Crippen molar-refractivity contribution in [2.75, 3.05) is 13.2 Å². The molecule has 5 nitrogen and oxygen atoms in total. The average molecular weight is 290 g/mol. The van der Waals surface area contributed by atoms with Crippen molar-refractivity contribution < 1.29 is 14.3 Å². The zero-order chi connectivity index (χ0) is 15.1. The minimum Gasteiger partial charge on any atom is -0.381 e. The Hall–Kier alpha value is -1.88. The Morgan fingerprint density at radius 3 is 2.71 bits per heavy atom. The second-order valence-electron chi connectivity index (χ2n) is 5.40. The number of primary amides is 1. The van der Waals surface area contributed by atoms with Gasteiger partial charge in [-0.2, -0.15) is 0 Å². The van der Waals surface area contributed by atoms with Gasteiger partial charge < -0.3 is 15.8 Å². The van der Waals surface area contributed by atoms with E-state index >= 15 is 0 Å². The average Bonchev–Trinajstić information content (AvgIpc) is 3.01. The third-order valence-corrected chi connectivity index (χ3v) is 3.76. The van der Waals surface area contributed by atoms with E-state index in [4.69, 9.17) is 10.5 Å². The summed E-state index contributed by atoms with van der Waals surface area (Å²) < 4.78 is 5.18. The van der Waals surface area contributed by atoms with E-state index in [0.29, 0.717) is 26.1 Å². The molecule has 1 heterocycles. The number of amides is 2. The SMILES string of the molecule is NC(=O)[C@H](CCCc1ccccc1)NC(=O)[C@H]1CCOC1. The van der Waals surface area contributed by atoms with E-state index in [9.17, 15) is 9.59 Å². The Balaban J connectivity index is 1.79. The van der Waals surface area contributed by atoms with Gasteiger partial charge in [0.15, 0.2) is 0 Å². The highest BCUT2D eigenvalue weighted by Gasteiger charge is 2.26. The lowest BCUT2D eigenvalue weighted by atomic mass is 10.0. The third-order valence-electron chi connectivity index (χ3n) is 3.76. The van der Waals surface area contributed by atoms with E-state index < -0.39 is 11.9 Å². The molecule has 0 saturated carbocycles. The lowest BCUT2D eigenvalue weighted by Crippen LogP contribution is -2.46. The maximum atomic E-state index is 12.0. The second-order valence-corrected chi connectivity index (χ2v) is 5.40. The van der Waals surface area contributed by atoms with Crippen molar-refractivity contribution in [3.63, 3.8) is 0 Å². The third kappa shape index (κ3) is 4.86. The van der Waals surface area contributed by atoms with Gasteiger partial charge in [-0.1, -0.05) is 30.3 Å². The number of hydrogen-bond acceptors (Lipinski definition) is 3. The lowest BCUT2D eigenvalue weighted by Gasteiger charge is -2.17. The first-order chi connectivity index (χ1) is 10.2. The van der Waals surface area contributed by atoms with Crippen LogP contribution >= 0.6 is 0 Å². The van der Waals surface area contributed by atoms with Crippen molar-refractivity contribution in [2.45, 2.75) is 31.7 Å². The summed E-state index contributed by atoms with van der Waals surface area (Å²) in [5, 5.41) is 2.75. The van der Waals surface area contributed by atoms with Crippen molar-refractivity contribution in [1.29, 1.82) is 0 Å². The van der Waals surface area contributed by atoms with Crippen LogP contribution in [0.5, 0.6) is 0 Å². The number of carbonyl (C=O) groups is 2. The van der Waals surface area contributed by atoms with Crippen LogP contribution in [0.3, 0.4) is 0 Å². The molecule has 1 aliphatic rings. The molecule has 1 aromatic rings. The highest BCUT2D eigenvalue weighted by Crippen LogP contribution is 2.13. The van der Waals surface area contributed by atoms with Crippen LogP contribution in [-0.4, -0.2) is 31.1 Å². The molecule has 2 atom stereocenters. The molecule has 1 fully saturated rings. The van der Waals surface area contributed by atoms with Gasteiger partial charge in [0.2, 0.25) is 11.8 Å². The molecule has 0 bridgehead atoms. The Morgan fingerprint density at radius 1 is 1.33 bits per heavy atom. The highest BCUT2D eigenvalue weighted by molar-refractivity contribution is 5.87. The maximum Gasteiger partial charge on any atom is 0.239 e. The number of rotatable bonds is 7. The molecule has 2 amide bonds. The molecule has 5 heteroatoms. The number of benzene rings is 1. The molecule has 0 aromatic heterocycles. The number of hydrogen-bond donors (Lipinski definition) is 2. The lowest BCUT2D eigenvalue weighted by molar-refractivity contribution is -0.130. The standard InChI is InChI=1S/C16H22N2O3/c17-15(19)14(18-16(20)13-9-10-21-11-13)8-4-7-12-5-2-1-3-6-12/h1-3,5-6,13-14H,4,7-11H2,(H2,17,19)(H,18,20)/t13-,14-/m0/s1. The molecule has 21 heavy (non-hydrogen) atoms. The van der Waals surface area contributed by atoms with Gasteiger partial charge >= 0.3 is 0 Å². The van der Waals surface area contributed by atoms with Gasteiger partial charge in [-0.15, -0.1) is 0 Å². The molecular formula is C16H22N2O3. The molecule has 1 saturated heterocycles. The summed E-state index contributed by atoms with van der Waals surface area (Å²) in [6.45, 7) is 1.04. The summed E-state index contributed by atoms with van der Waals surface area (Å²) in [6, 6.07) is 9.45. The predicted octanol–water partition coefficient (Wildman–Crippen LogP) is 1.02. The number of aryl methyl sites for hydroxylation is 1. The molecule has 1 aliphatic heterocycles. The molecule has 3 N–H and O–H groups in total. The molecule has 0 spiro atoms. The molecular weight excluding hydrogens is 268 g/mol. The van der Waals surface area contributed by atoms with Gasteiger partial charge in [0, 0.05) is 6.61 Å². The van der Waals surface area contributed by atoms with Crippen molar-refractivity contribution in [3.05, 3.63) is 35.9 Å². The number of carbonyl (C=O) groups excluding carboxylic acids is 2. The first-order valence-electron chi connectivity index (χ1n) is 7.38. The fourth-order valence-electron chi connectivity index (χ4n) is 2.47. The van der Waals surface area contributed by atoms with Gasteiger partial charge in [-0.25, -0.2) is 0 Å². The quantitative estimate of drug-likeness (QED) is 0.786. The van der Waals surface area contributed by atoms with Crippen molar-refractivity contribution in [1.82, 2.24) is 5.32 Å². The zero-order valence-corrected chi connectivity index (χ0v) is 12.1. The fraction of sp³-hybridized carbons (Fsp3) is 0.500. The summed E-state index contributed by atoms with van der Waals surface area (Å²) in [5.41, 5.74) is 6.60. The van der Waals surface area contributed by atoms with Gasteiger partial charge in [-0.05, 0) is 31.2 Å². The van der Waals surface area contributed by atoms with Gasteiger partial charge in [-0.3, -0.25) is 9.59 Å². The smallest absolute Gasteiger partial charge is 0.239 e. The van der Waals surface area contributed by atoms with Crippen molar-refractivity contribution in [3.8, 4) is 0 Å². The second kappa shape index (κ2) is 7.78. The van der Waals surface area contributed by atoms with Gasteiger partial charge in [0.05, 0.1) is 12.5 Å². The Kier molecular flexibility index (Phi) is 5.75. The van der Waals surface area contributed by atoms with Crippen LogP contribution in [0.2, 0.25) is 0 Å². The van der Waals surface area contributed by atoms with E-state index in [-0.39, 0.29) is 11.8 Å². The molecule has 0 aliphatic carbocycles. The van der Waals surface area contributed by atoms with Gasteiger partial charge in [0.1, 0.15) is 6.04 Å². The fourth-order valence-corrected chi connectivity index (χ4v) is 2.47. The normalized spacial score (nSPS) is 19.1. The Morgan fingerprint density at radius 2 is 2.10 bits per heavy atom. The number of ether oxygens (including phenoxy) is 1. The van der Waals surface area contributed by atoms with Crippen LogP contribution in [0.1, 0.15) is 24.8 Å². The van der Waals surface area contributed by atoms with Crippen molar-refractivity contribution in [2.24, 2.45) is 11.7 Å². The Labute approximate surface area is 124 Å². The van der Waals surface area contributed by atoms with Gasteiger partial charge in [0.25, 0.3) is 0 Å². The molecule has 0 radical (unpaired) electrons. The predicted molar refractivity (Wildman–Crippen MR) is 79.4 cm³/mol. The largest absolute Gasteiger partial charge is 0.381 e. The van der Waals surface area contributed by atoms with Crippen LogP contribution in [-0.2, 0) is 20.7 Å². The van der Waals surface area contributed by atoms with E-state index in [1.54, 1.807) is 0 Å². The summed E-state index contributed by atoms with van der Waals surface area (Å²) in [7, 11) is 0.